The largest absolute Gasteiger partial charge is 0.248 e. The van der Waals surface area contributed by atoms with Crippen molar-refractivity contribution in [2.24, 2.45) is 0 Å². The molecule has 0 aliphatic rings. The maximum Gasteiger partial charge on any atom is 0.159 e. The predicted molar refractivity (Wildman–Crippen MR) is 117 cm³/mol. The lowest BCUT2D eigenvalue weighted by atomic mass is 10.0. The number of rotatable bonds is 14. The van der Waals surface area contributed by atoms with Gasteiger partial charge >= 0.3 is 0 Å². The standard InChI is InChI=1S/C25H37FN2/c1-3-4-5-6-7-10-14-23-19-27-25(28-20-23)24-17-15-22(16-18-24)13-11-8-9-12-21(2)26/h15-21H,3-14H2,1-2H3. The van der Waals surface area contributed by atoms with Gasteiger partial charge in [0.25, 0.3) is 0 Å². The van der Waals surface area contributed by atoms with Crippen molar-refractivity contribution < 1.29 is 4.39 Å². The third-order valence-electron chi connectivity index (χ3n) is 5.30. The van der Waals surface area contributed by atoms with Crippen molar-refractivity contribution in [1.29, 1.82) is 0 Å². The Morgan fingerprint density at radius 3 is 1.96 bits per heavy atom. The van der Waals surface area contributed by atoms with Crippen LogP contribution < -0.4 is 0 Å². The molecule has 28 heavy (non-hydrogen) atoms. The van der Waals surface area contributed by atoms with E-state index in [1.54, 1.807) is 6.92 Å². The van der Waals surface area contributed by atoms with E-state index in [-0.39, 0.29) is 0 Å². The van der Waals surface area contributed by atoms with E-state index in [0.29, 0.717) is 6.42 Å². The molecule has 1 unspecified atom stereocenters. The molecule has 0 saturated carbocycles. The second-order valence-corrected chi connectivity index (χ2v) is 8.01. The monoisotopic (exact) mass is 384 g/mol. The van der Waals surface area contributed by atoms with Crippen LogP contribution in [0.3, 0.4) is 0 Å². The molecule has 0 bridgehead atoms. The zero-order valence-corrected chi connectivity index (χ0v) is 17.8. The number of aryl methyl sites for hydroxylation is 2. The average Bonchev–Trinajstić information content (AvgIpc) is 2.71. The van der Waals surface area contributed by atoms with E-state index < -0.39 is 6.17 Å². The molecule has 0 N–H and O–H groups in total. The summed E-state index contributed by atoms with van der Waals surface area (Å²) in [7, 11) is 0. The molecule has 2 nitrogen and oxygen atoms in total. The van der Waals surface area contributed by atoms with Crippen LogP contribution in [0.2, 0.25) is 0 Å². The van der Waals surface area contributed by atoms with Gasteiger partial charge in [0.2, 0.25) is 0 Å². The van der Waals surface area contributed by atoms with E-state index in [0.717, 1.165) is 43.5 Å². The normalized spacial score (nSPS) is 12.2. The highest BCUT2D eigenvalue weighted by atomic mass is 19.1. The molecule has 0 spiro atoms. The Balaban J connectivity index is 1.72. The van der Waals surface area contributed by atoms with Crippen molar-refractivity contribution in [1.82, 2.24) is 9.97 Å². The lowest BCUT2D eigenvalue weighted by Crippen LogP contribution is -1.94. The van der Waals surface area contributed by atoms with E-state index in [2.05, 4.69) is 41.2 Å². The van der Waals surface area contributed by atoms with Crippen molar-refractivity contribution in [2.45, 2.75) is 97.1 Å². The Morgan fingerprint density at radius 2 is 1.32 bits per heavy atom. The highest BCUT2D eigenvalue weighted by Gasteiger charge is 2.03. The Labute approximate surface area is 171 Å². The third-order valence-corrected chi connectivity index (χ3v) is 5.30. The molecule has 0 saturated heterocycles. The van der Waals surface area contributed by atoms with Gasteiger partial charge in [0, 0.05) is 18.0 Å². The summed E-state index contributed by atoms with van der Waals surface area (Å²) in [6.45, 7) is 3.89. The van der Waals surface area contributed by atoms with Crippen LogP contribution in [0.1, 0.15) is 89.2 Å². The molecule has 0 amide bonds. The summed E-state index contributed by atoms with van der Waals surface area (Å²) in [5.74, 6) is 0.801. The summed E-state index contributed by atoms with van der Waals surface area (Å²) in [5, 5.41) is 0. The van der Waals surface area contributed by atoms with Gasteiger partial charge in [-0.25, -0.2) is 14.4 Å². The molecule has 1 aromatic carbocycles. The molecule has 0 fully saturated rings. The van der Waals surface area contributed by atoms with Crippen molar-refractivity contribution in [3.05, 3.63) is 47.8 Å². The molecule has 0 radical (unpaired) electrons. The molecular weight excluding hydrogens is 347 g/mol. The van der Waals surface area contributed by atoms with Crippen molar-refractivity contribution in [3.63, 3.8) is 0 Å². The second kappa shape index (κ2) is 13.4. The minimum absolute atomic E-state index is 0.670. The van der Waals surface area contributed by atoms with Gasteiger partial charge in [-0.2, -0.15) is 0 Å². The van der Waals surface area contributed by atoms with Crippen LogP contribution in [0.25, 0.3) is 11.4 Å². The Hall–Kier alpha value is -1.77. The third kappa shape index (κ3) is 8.95. The summed E-state index contributed by atoms with van der Waals surface area (Å²) in [6, 6.07) is 8.56. The number of hydrogen-bond donors (Lipinski definition) is 0. The van der Waals surface area contributed by atoms with E-state index in [1.807, 2.05) is 12.4 Å². The fourth-order valence-electron chi connectivity index (χ4n) is 3.49. The first kappa shape index (κ1) is 22.5. The molecule has 1 aromatic heterocycles. The lowest BCUT2D eigenvalue weighted by molar-refractivity contribution is 0.330. The fraction of sp³-hybridized carbons (Fsp3) is 0.600. The van der Waals surface area contributed by atoms with Crippen LogP contribution in [0, 0.1) is 0 Å². The summed E-state index contributed by atoms with van der Waals surface area (Å²) in [4.78, 5) is 9.13. The zero-order valence-electron chi connectivity index (χ0n) is 17.8. The number of halogens is 1. The van der Waals surface area contributed by atoms with E-state index >= 15 is 0 Å². The van der Waals surface area contributed by atoms with E-state index in [1.165, 1.54) is 49.7 Å². The van der Waals surface area contributed by atoms with Gasteiger partial charge in [-0.3, -0.25) is 0 Å². The molecule has 0 aliphatic heterocycles. The number of benzene rings is 1. The molecule has 2 rings (SSSR count). The van der Waals surface area contributed by atoms with Gasteiger partial charge in [-0.05, 0) is 50.2 Å². The quantitative estimate of drug-likeness (QED) is 0.315. The summed E-state index contributed by atoms with van der Waals surface area (Å²) < 4.78 is 12.8. The molecule has 3 heteroatoms. The first-order valence-corrected chi connectivity index (χ1v) is 11.2. The summed E-state index contributed by atoms with van der Waals surface area (Å²) >= 11 is 0. The van der Waals surface area contributed by atoms with Crippen LogP contribution in [0.15, 0.2) is 36.7 Å². The smallest absolute Gasteiger partial charge is 0.159 e. The number of alkyl halides is 1. The molecule has 2 aromatic rings. The first-order chi connectivity index (χ1) is 13.7. The maximum atomic E-state index is 12.8. The number of nitrogens with zero attached hydrogens (tertiary/aromatic N) is 2. The average molecular weight is 385 g/mol. The van der Waals surface area contributed by atoms with Crippen LogP contribution in [0.4, 0.5) is 4.39 Å². The first-order valence-electron chi connectivity index (χ1n) is 11.2. The highest BCUT2D eigenvalue weighted by Crippen LogP contribution is 2.18. The van der Waals surface area contributed by atoms with Crippen LogP contribution in [0.5, 0.6) is 0 Å². The number of aromatic nitrogens is 2. The number of unbranched alkanes of at least 4 members (excludes halogenated alkanes) is 7. The molecule has 1 heterocycles. The SMILES string of the molecule is CCCCCCCCc1cnc(-c2ccc(CCCCCC(C)F)cc2)nc1. The number of hydrogen-bond acceptors (Lipinski definition) is 2. The second-order valence-electron chi connectivity index (χ2n) is 8.01. The van der Waals surface area contributed by atoms with Crippen molar-refractivity contribution in [2.75, 3.05) is 0 Å². The van der Waals surface area contributed by atoms with Crippen molar-refractivity contribution in [3.8, 4) is 11.4 Å². The van der Waals surface area contributed by atoms with Gasteiger partial charge in [0.15, 0.2) is 5.82 Å². The van der Waals surface area contributed by atoms with Gasteiger partial charge < -0.3 is 0 Å². The predicted octanol–water partition coefficient (Wildman–Crippen LogP) is 7.51. The van der Waals surface area contributed by atoms with E-state index in [4.69, 9.17) is 0 Å². The minimum Gasteiger partial charge on any atom is -0.248 e. The Bertz CT molecular complexity index is 635. The molecule has 154 valence electrons. The van der Waals surface area contributed by atoms with E-state index in [9.17, 15) is 4.39 Å². The fourth-order valence-corrected chi connectivity index (χ4v) is 3.49. The van der Waals surface area contributed by atoms with Gasteiger partial charge in [0.05, 0.1) is 6.17 Å². The zero-order chi connectivity index (χ0) is 20.0. The topological polar surface area (TPSA) is 25.8 Å². The maximum absolute atomic E-state index is 12.8. The van der Waals surface area contributed by atoms with Crippen LogP contribution in [-0.4, -0.2) is 16.1 Å². The van der Waals surface area contributed by atoms with Gasteiger partial charge in [-0.15, -0.1) is 0 Å². The Morgan fingerprint density at radius 1 is 0.750 bits per heavy atom. The highest BCUT2D eigenvalue weighted by molar-refractivity contribution is 5.55. The van der Waals surface area contributed by atoms with Gasteiger partial charge in [-0.1, -0.05) is 76.1 Å². The minimum atomic E-state index is -0.670. The molecule has 0 aliphatic carbocycles. The Kier molecular flexibility index (Phi) is 10.8. The lowest BCUT2D eigenvalue weighted by Gasteiger charge is -2.06. The van der Waals surface area contributed by atoms with Crippen molar-refractivity contribution >= 4 is 0 Å². The summed E-state index contributed by atoms with van der Waals surface area (Å²) in [5.41, 5.74) is 3.64. The summed E-state index contributed by atoms with van der Waals surface area (Å²) in [6.07, 6.45) is 17.2. The van der Waals surface area contributed by atoms with Crippen LogP contribution in [-0.2, 0) is 12.8 Å². The van der Waals surface area contributed by atoms with Gasteiger partial charge in [0.1, 0.15) is 0 Å². The van der Waals surface area contributed by atoms with Crippen LogP contribution >= 0.6 is 0 Å². The molecular formula is C25H37FN2. The molecule has 1 atom stereocenters.